The van der Waals surface area contributed by atoms with Gasteiger partial charge in [0.15, 0.2) is 22.7 Å². The van der Waals surface area contributed by atoms with Crippen molar-refractivity contribution in [2.24, 2.45) is 0 Å². The van der Waals surface area contributed by atoms with Gasteiger partial charge in [0.25, 0.3) is 0 Å². The number of allylic oxidation sites excluding steroid dienone is 6. The van der Waals surface area contributed by atoms with E-state index in [9.17, 15) is 31.6 Å². The topological polar surface area (TPSA) is 161 Å². The molecule has 1 heterocycles. The first kappa shape index (κ1) is 29.4. The van der Waals surface area contributed by atoms with E-state index in [1.165, 1.54) is 0 Å². The van der Waals surface area contributed by atoms with Gasteiger partial charge in [0.2, 0.25) is 0 Å². The molecule has 0 amide bonds. The molecule has 0 N–H and O–H groups in total. The zero-order chi connectivity index (χ0) is 29.0. The summed E-state index contributed by atoms with van der Waals surface area (Å²) in [5.41, 5.74) is 1.74. The van der Waals surface area contributed by atoms with Gasteiger partial charge < -0.3 is 9.47 Å². The molecule has 0 fully saturated rings. The first-order chi connectivity index (χ1) is 18.7. The number of rotatable bonds is 8. The summed E-state index contributed by atoms with van der Waals surface area (Å²) in [4.78, 5) is 0. The van der Waals surface area contributed by atoms with Crippen LogP contribution in [0, 0.1) is 68.0 Å². The minimum Gasteiger partial charge on any atom is -0.490 e. The van der Waals surface area contributed by atoms with Crippen LogP contribution in [-0.4, -0.2) is 12.2 Å². The zero-order valence-corrected chi connectivity index (χ0v) is 22.0. The number of benzene rings is 1. The Hall–Kier alpha value is -5.80. The monoisotopic (exact) mass is 512 g/mol. The summed E-state index contributed by atoms with van der Waals surface area (Å²) in [6.45, 7) is 7.29. The summed E-state index contributed by atoms with van der Waals surface area (Å²) >= 11 is 0. The van der Waals surface area contributed by atoms with E-state index in [1.54, 1.807) is 57.2 Å². The minimum atomic E-state index is -0.897. The molecule has 1 aliphatic heterocycles. The minimum absolute atomic E-state index is 0.0110. The molecular weight excluding hydrogens is 488 g/mol. The number of hydrogen-bond acceptors (Lipinski definition) is 8. The lowest BCUT2D eigenvalue weighted by Crippen LogP contribution is -2.20. The van der Waals surface area contributed by atoms with E-state index in [-0.39, 0.29) is 40.4 Å². The molecule has 0 aromatic heterocycles. The molecule has 0 spiro atoms. The van der Waals surface area contributed by atoms with Gasteiger partial charge in [0.05, 0.1) is 12.2 Å². The first-order valence-electron chi connectivity index (χ1n) is 11.9. The van der Waals surface area contributed by atoms with Crippen molar-refractivity contribution in [2.75, 3.05) is 6.61 Å². The van der Waals surface area contributed by atoms with Gasteiger partial charge in [-0.1, -0.05) is 55.5 Å². The highest BCUT2D eigenvalue weighted by molar-refractivity contribution is 5.65. The van der Waals surface area contributed by atoms with E-state index in [2.05, 4.69) is 12.1 Å². The second-order valence-electron chi connectivity index (χ2n) is 8.50. The standard InChI is InChI=1S/C31H24N6O2/c1-5-23(26(19-36)29(38-6-2)24(15-32)16-33)13-11-21-7-9-22(10-8-21)12-14-28-27(20-37)30(25(17-34)18-35)39-31(28,3)4/h7-14H,5-6H2,1-4H3. The van der Waals surface area contributed by atoms with Gasteiger partial charge >= 0.3 is 0 Å². The van der Waals surface area contributed by atoms with Crippen LogP contribution in [0.25, 0.3) is 12.2 Å². The maximum Gasteiger partial charge on any atom is 0.172 e. The third-order valence-corrected chi connectivity index (χ3v) is 5.70. The molecule has 1 aliphatic rings. The lowest BCUT2D eigenvalue weighted by molar-refractivity contribution is 0.0954. The average Bonchev–Trinajstić information content (AvgIpc) is 3.20. The largest absolute Gasteiger partial charge is 0.490 e. The van der Waals surface area contributed by atoms with Crippen molar-refractivity contribution < 1.29 is 9.47 Å². The Balaban J connectivity index is 2.42. The van der Waals surface area contributed by atoms with Gasteiger partial charge in [-0.05, 0) is 43.9 Å². The fourth-order valence-corrected chi connectivity index (χ4v) is 3.76. The van der Waals surface area contributed by atoms with Crippen molar-refractivity contribution in [2.45, 2.75) is 39.7 Å². The third kappa shape index (κ3) is 6.70. The average molecular weight is 513 g/mol. The highest BCUT2D eigenvalue weighted by Gasteiger charge is 2.38. The molecular formula is C31H24N6O2. The van der Waals surface area contributed by atoms with Crippen molar-refractivity contribution >= 4 is 12.2 Å². The van der Waals surface area contributed by atoms with Crippen molar-refractivity contribution in [1.82, 2.24) is 0 Å². The van der Waals surface area contributed by atoms with Gasteiger partial charge in [0, 0.05) is 5.57 Å². The van der Waals surface area contributed by atoms with Crippen LogP contribution in [0.4, 0.5) is 0 Å². The first-order valence-corrected chi connectivity index (χ1v) is 11.9. The third-order valence-electron chi connectivity index (χ3n) is 5.70. The Bertz CT molecular complexity index is 1560. The predicted molar refractivity (Wildman–Crippen MR) is 143 cm³/mol. The highest BCUT2D eigenvalue weighted by Crippen LogP contribution is 2.40. The molecule has 8 nitrogen and oxygen atoms in total. The highest BCUT2D eigenvalue weighted by atomic mass is 16.5. The Morgan fingerprint density at radius 2 is 1.44 bits per heavy atom. The molecule has 8 heteroatoms. The summed E-state index contributed by atoms with van der Waals surface area (Å²) in [6, 6.07) is 18.7. The second-order valence-corrected chi connectivity index (χ2v) is 8.50. The molecule has 0 bridgehead atoms. The van der Waals surface area contributed by atoms with Crippen LogP contribution in [-0.2, 0) is 9.47 Å². The molecule has 0 atom stereocenters. The molecule has 0 aliphatic carbocycles. The molecule has 190 valence electrons. The summed E-state index contributed by atoms with van der Waals surface area (Å²) < 4.78 is 11.2. The van der Waals surface area contributed by atoms with Crippen LogP contribution in [0.2, 0.25) is 0 Å². The van der Waals surface area contributed by atoms with Crippen LogP contribution in [0.5, 0.6) is 0 Å². The van der Waals surface area contributed by atoms with Gasteiger partial charge in [0.1, 0.15) is 47.6 Å². The summed E-state index contributed by atoms with van der Waals surface area (Å²) in [6.07, 6.45) is 7.60. The molecule has 1 aromatic rings. The lowest BCUT2D eigenvalue weighted by Gasteiger charge is -2.20. The van der Waals surface area contributed by atoms with Crippen LogP contribution in [0.15, 0.2) is 81.4 Å². The van der Waals surface area contributed by atoms with Gasteiger partial charge in [-0.15, -0.1) is 0 Å². The van der Waals surface area contributed by atoms with E-state index >= 15 is 0 Å². The number of ether oxygens (including phenoxy) is 2. The maximum atomic E-state index is 9.75. The fraction of sp³-hybridized carbons (Fsp3) is 0.226. The molecule has 2 rings (SSSR count). The van der Waals surface area contributed by atoms with Crippen LogP contribution < -0.4 is 0 Å². The number of hydrogen-bond donors (Lipinski definition) is 0. The van der Waals surface area contributed by atoms with Crippen LogP contribution in [0.1, 0.15) is 45.2 Å². The van der Waals surface area contributed by atoms with E-state index < -0.39 is 5.60 Å². The SMILES string of the molecule is CCOC(=C(C#N)C#N)C(C#N)=C(C=Cc1ccc(C=CC2=C(C#N)C(=C(C#N)C#N)OC2(C)C)cc1)CC. The van der Waals surface area contributed by atoms with E-state index in [0.717, 1.165) is 11.1 Å². The van der Waals surface area contributed by atoms with Gasteiger partial charge in [-0.25, -0.2) is 0 Å². The normalized spacial score (nSPS) is 14.2. The molecule has 0 saturated heterocycles. The number of nitriles is 6. The molecule has 39 heavy (non-hydrogen) atoms. The van der Waals surface area contributed by atoms with Gasteiger partial charge in [-0.2, -0.15) is 31.6 Å². The fourth-order valence-electron chi connectivity index (χ4n) is 3.76. The van der Waals surface area contributed by atoms with E-state index in [0.29, 0.717) is 17.6 Å². The zero-order valence-electron chi connectivity index (χ0n) is 22.0. The molecule has 1 aromatic carbocycles. The maximum absolute atomic E-state index is 9.75. The Labute approximate surface area is 228 Å². The van der Waals surface area contributed by atoms with Crippen molar-refractivity contribution in [1.29, 1.82) is 31.6 Å². The van der Waals surface area contributed by atoms with Crippen molar-refractivity contribution in [3.8, 4) is 36.4 Å². The van der Waals surface area contributed by atoms with Crippen molar-refractivity contribution in [3.63, 3.8) is 0 Å². The van der Waals surface area contributed by atoms with E-state index in [1.807, 2.05) is 43.3 Å². The smallest absolute Gasteiger partial charge is 0.172 e. The quantitative estimate of drug-likeness (QED) is 0.225. The van der Waals surface area contributed by atoms with Gasteiger partial charge in [-0.3, -0.25) is 0 Å². The Morgan fingerprint density at radius 3 is 1.90 bits per heavy atom. The summed E-state index contributed by atoms with van der Waals surface area (Å²) in [7, 11) is 0. The predicted octanol–water partition coefficient (Wildman–Crippen LogP) is 6.21. The second kappa shape index (κ2) is 13.5. The Morgan fingerprint density at radius 1 is 0.846 bits per heavy atom. The lowest BCUT2D eigenvalue weighted by atomic mass is 9.94. The Kier molecular flexibility index (Phi) is 10.2. The summed E-state index contributed by atoms with van der Waals surface area (Å²) in [5, 5.41) is 56.4. The van der Waals surface area contributed by atoms with Crippen LogP contribution in [0.3, 0.4) is 0 Å². The number of nitrogens with zero attached hydrogens (tertiary/aromatic N) is 6. The van der Waals surface area contributed by atoms with E-state index in [4.69, 9.17) is 9.47 Å². The summed E-state index contributed by atoms with van der Waals surface area (Å²) in [5.74, 6) is -0.0327. The van der Waals surface area contributed by atoms with Crippen LogP contribution >= 0.6 is 0 Å². The molecule has 0 saturated carbocycles. The molecule has 0 radical (unpaired) electrons. The van der Waals surface area contributed by atoms with Crippen molar-refractivity contribution in [3.05, 3.63) is 92.5 Å². The molecule has 0 unspecified atom stereocenters.